The van der Waals surface area contributed by atoms with E-state index in [9.17, 15) is 14.4 Å². The number of rotatable bonds is 10. The monoisotopic (exact) mass is 614 g/mol. The fourth-order valence-electron chi connectivity index (χ4n) is 3.70. The van der Waals surface area contributed by atoms with Crippen molar-refractivity contribution >= 4 is 57.1 Å². The van der Waals surface area contributed by atoms with Crippen LogP contribution in [-0.4, -0.2) is 44.8 Å². The molecule has 3 aromatic carbocycles. The summed E-state index contributed by atoms with van der Waals surface area (Å²) in [5.41, 5.74) is 0.536. The van der Waals surface area contributed by atoms with Gasteiger partial charge in [-0.1, -0.05) is 11.6 Å². The lowest BCUT2D eigenvalue weighted by atomic mass is 10.1. The van der Waals surface area contributed by atoms with Crippen LogP contribution >= 0.6 is 27.5 Å². The predicted molar refractivity (Wildman–Crippen MR) is 150 cm³/mol. The second-order valence-corrected chi connectivity index (χ2v) is 9.36. The van der Waals surface area contributed by atoms with Gasteiger partial charge in [0.15, 0.2) is 11.5 Å². The van der Waals surface area contributed by atoms with Gasteiger partial charge in [0.1, 0.15) is 30.3 Å². The van der Waals surface area contributed by atoms with E-state index in [2.05, 4.69) is 21.2 Å². The Balaban J connectivity index is 1.52. The van der Waals surface area contributed by atoms with E-state index < -0.39 is 17.8 Å². The van der Waals surface area contributed by atoms with Crippen molar-refractivity contribution < 1.29 is 33.3 Å². The molecule has 1 saturated heterocycles. The number of benzene rings is 3. The van der Waals surface area contributed by atoms with Crippen molar-refractivity contribution in [3.63, 3.8) is 0 Å². The number of nitrogens with one attached hydrogen (secondary N) is 1. The quantitative estimate of drug-likeness (QED) is 0.179. The van der Waals surface area contributed by atoms with Crippen LogP contribution in [0.2, 0.25) is 5.02 Å². The summed E-state index contributed by atoms with van der Waals surface area (Å²) >= 11 is 9.41. The largest absolute Gasteiger partial charge is 0.497 e. The Kier molecular flexibility index (Phi) is 9.11. The lowest BCUT2D eigenvalue weighted by molar-refractivity contribution is -0.122. The maximum atomic E-state index is 13.2. The third kappa shape index (κ3) is 6.71. The van der Waals surface area contributed by atoms with Gasteiger partial charge < -0.3 is 18.9 Å². The molecule has 9 nitrogen and oxygen atoms in total. The molecule has 11 heteroatoms. The van der Waals surface area contributed by atoms with Crippen molar-refractivity contribution in [1.29, 1.82) is 0 Å². The number of amides is 4. The van der Waals surface area contributed by atoms with Crippen molar-refractivity contribution in [3.05, 3.63) is 81.3 Å². The molecule has 1 fully saturated rings. The van der Waals surface area contributed by atoms with E-state index in [-0.39, 0.29) is 24.5 Å². The second kappa shape index (κ2) is 12.7. The molecule has 0 unspecified atom stereocenters. The zero-order chi connectivity index (χ0) is 27.9. The molecule has 0 radical (unpaired) electrons. The summed E-state index contributed by atoms with van der Waals surface area (Å²) < 4.78 is 23.1. The van der Waals surface area contributed by atoms with E-state index in [4.69, 9.17) is 30.5 Å². The van der Waals surface area contributed by atoms with Crippen molar-refractivity contribution in [2.75, 3.05) is 31.8 Å². The summed E-state index contributed by atoms with van der Waals surface area (Å²) in [6.45, 7) is 2.68. The number of hydrogen-bond donors (Lipinski definition) is 1. The number of carbonyl (C=O) groups is 3. The summed E-state index contributed by atoms with van der Waals surface area (Å²) in [4.78, 5) is 39.1. The molecule has 0 aromatic heterocycles. The van der Waals surface area contributed by atoms with Crippen LogP contribution in [0.25, 0.3) is 6.08 Å². The third-order valence-corrected chi connectivity index (χ3v) is 6.33. The molecule has 1 aliphatic heterocycles. The maximum absolute atomic E-state index is 13.2. The van der Waals surface area contributed by atoms with Gasteiger partial charge in [-0.3, -0.25) is 14.9 Å². The Bertz CT molecular complexity index is 1410. The molecule has 39 heavy (non-hydrogen) atoms. The van der Waals surface area contributed by atoms with Gasteiger partial charge in [-0.2, -0.15) is 0 Å². The number of anilines is 1. The average molecular weight is 616 g/mol. The SMILES string of the molecule is CCOc1cc(/C=C2/C(=O)NC(=O)N(c3ccc(Cl)cc3)C2=O)cc(Br)c1OCCOc1ccc(OC)cc1. The van der Waals surface area contributed by atoms with Gasteiger partial charge in [0.05, 0.1) is 23.9 Å². The Morgan fingerprint density at radius 3 is 2.26 bits per heavy atom. The highest BCUT2D eigenvalue weighted by atomic mass is 79.9. The Hall–Kier alpha value is -4.02. The molecule has 0 atom stereocenters. The molecular weight excluding hydrogens is 592 g/mol. The number of methoxy groups -OCH3 is 1. The second-order valence-electron chi connectivity index (χ2n) is 8.07. The number of carbonyl (C=O) groups excluding carboxylic acids is 3. The smallest absolute Gasteiger partial charge is 0.335 e. The first kappa shape index (κ1) is 28.0. The highest BCUT2D eigenvalue weighted by Crippen LogP contribution is 2.38. The zero-order valence-electron chi connectivity index (χ0n) is 21.0. The lowest BCUT2D eigenvalue weighted by Gasteiger charge is -2.26. The average Bonchev–Trinajstić information content (AvgIpc) is 2.91. The molecule has 3 aromatic rings. The van der Waals surface area contributed by atoms with E-state index in [0.717, 1.165) is 10.6 Å². The van der Waals surface area contributed by atoms with E-state index >= 15 is 0 Å². The maximum Gasteiger partial charge on any atom is 0.335 e. The molecule has 0 aliphatic carbocycles. The van der Waals surface area contributed by atoms with Crippen LogP contribution in [0.5, 0.6) is 23.0 Å². The van der Waals surface area contributed by atoms with Crippen LogP contribution in [0.1, 0.15) is 12.5 Å². The molecule has 0 bridgehead atoms. The molecule has 1 N–H and O–H groups in total. The predicted octanol–water partition coefficient (Wildman–Crippen LogP) is 5.63. The van der Waals surface area contributed by atoms with Crippen LogP contribution in [0.3, 0.4) is 0 Å². The number of nitrogens with zero attached hydrogens (tertiary/aromatic N) is 1. The number of urea groups is 1. The van der Waals surface area contributed by atoms with E-state index in [1.807, 2.05) is 6.92 Å². The molecule has 4 rings (SSSR count). The summed E-state index contributed by atoms with van der Waals surface area (Å²) in [5.74, 6) is 0.673. The minimum atomic E-state index is -0.846. The van der Waals surface area contributed by atoms with Gasteiger partial charge in [0.25, 0.3) is 11.8 Å². The number of ether oxygens (including phenoxy) is 4. The molecular formula is C28H24BrClN2O7. The van der Waals surface area contributed by atoms with Crippen molar-refractivity contribution in [1.82, 2.24) is 5.32 Å². The Labute approximate surface area is 238 Å². The van der Waals surface area contributed by atoms with Crippen LogP contribution in [0, 0.1) is 0 Å². The standard InChI is InChI=1S/C28H24BrClN2O7/c1-3-37-24-16-17(15-23(29)25(24)39-13-12-38-21-10-8-20(36-2)9-11-21)14-22-26(33)31-28(35)32(27(22)34)19-6-4-18(30)5-7-19/h4-11,14-16H,3,12-13H2,1-2H3,(H,31,33,35)/b22-14-. The number of imide groups is 2. The molecule has 1 heterocycles. The fourth-order valence-corrected chi connectivity index (χ4v) is 4.40. The topological polar surface area (TPSA) is 103 Å². The van der Waals surface area contributed by atoms with Crippen LogP contribution < -0.4 is 29.2 Å². The van der Waals surface area contributed by atoms with Gasteiger partial charge in [-0.15, -0.1) is 0 Å². The van der Waals surface area contributed by atoms with Crippen LogP contribution in [-0.2, 0) is 9.59 Å². The highest BCUT2D eigenvalue weighted by molar-refractivity contribution is 9.10. The Morgan fingerprint density at radius 1 is 0.923 bits per heavy atom. The lowest BCUT2D eigenvalue weighted by Crippen LogP contribution is -2.54. The fraction of sp³-hybridized carbons (Fsp3) is 0.179. The minimum absolute atomic E-state index is 0.222. The van der Waals surface area contributed by atoms with E-state index in [0.29, 0.717) is 38.9 Å². The first-order chi connectivity index (χ1) is 18.8. The number of hydrogen-bond acceptors (Lipinski definition) is 7. The third-order valence-electron chi connectivity index (χ3n) is 5.49. The molecule has 0 saturated carbocycles. The first-order valence-corrected chi connectivity index (χ1v) is 13.0. The first-order valence-electron chi connectivity index (χ1n) is 11.8. The summed E-state index contributed by atoms with van der Waals surface area (Å²) in [5, 5.41) is 2.64. The zero-order valence-corrected chi connectivity index (χ0v) is 23.4. The summed E-state index contributed by atoms with van der Waals surface area (Å²) in [6.07, 6.45) is 1.39. The molecule has 0 spiro atoms. The van der Waals surface area contributed by atoms with Crippen molar-refractivity contribution in [3.8, 4) is 23.0 Å². The van der Waals surface area contributed by atoms with E-state index in [1.54, 1.807) is 55.6 Å². The van der Waals surface area contributed by atoms with Crippen LogP contribution in [0.4, 0.5) is 10.5 Å². The van der Waals surface area contributed by atoms with Crippen LogP contribution in [0.15, 0.2) is 70.7 Å². The van der Waals surface area contributed by atoms with Gasteiger partial charge in [0, 0.05) is 5.02 Å². The van der Waals surface area contributed by atoms with Gasteiger partial charge in [-0.25, -0.2) is 9.69 Å². The summed E-state index contributed by atoms with van der Waals surface area (Å²) in [6, 6.07) is 15.8. The van der Waals surface area contributed by atoms with Crippen molar-refractivity contribution in [2.24, 2.45) is 0 Å². The molecule has 4 amide bonds. The van der Waals surface area contributed by atoms with Gasteiger partial charge in [-0.05, 0) is 95.2 Å². The van der Waals surface area contributed by atoms with Crippen molar-refractivity contribution in [2.45, 2.75) is 6.92 Å². The Morgan fingerprint density at radius 2 is 1.59 bits per heavy atom. The number of halogens is 2. The molecule has 202 valence electrons. The van der Waals surface area contributed by atoms with Gasteiger partial charge in [0.2, 0.25) is 0 Å². The minimum Gasteiger partial charge on any atom is -0.497 e. The summed E-state index contributed by atoms with van der Waals surface area (Å²) in [7, 11) is 1.60. The normalized spacial score (nSPS) is 14.3. The van der Waals surface area contributed by atoms with Gasteiger partial charge >= 0.3 is 6.03 Å². The van der Waals surface area contributed by atoms with E-state index in [1.165, 1.54) is 18.2 Å². The number of barbiturate groups is 1. The molecule has 1 aliphatic rings. The highest BCUT2D eigenvalue weighted by Gasteiger charge is 2.36.